The van der Waals surface area contributed by atoms with Crippen LogP contribution >= 0.6 is 0 Å². The second-order valence-electron chi connectivity index (χ2n) is 15.3. The molecule has 0 aromatic carbocycles. The number of hydrogen-bond acceptors (Lipinski definition) is 6. The van der Waals surface area contributed by atoms with Crippen LogP contribution in [0.1, 0.15) is 112 Å². The molecule has 4 aliphatic rings. The molecule has 9 atom stereocenters. The Labute approximate surface area is 257 Å². The van der Waals surface area contributed by atoms with E-state index in [9.17, 15) is 4.79 Å². The summed E-state index contributed by atoms with van der Waals surface area (Å²) in [4.78, 5) is 14.3. The zero-order chi connectivity index (χ0) is 30.5. The Balaban J connectivity index is 1.32. The minimum Gasteiger partial charge on any atom is -0.433 e. The van der Waals surface area contributed by atoms with Gasteiger partial charge in [0, 0.05) is 26.1 Å². The molecule has 0 unspecified atom stereocenters. The van der Waals surface area contributed by atoms with E-state index in [2.05, 4.69) is 47.6 Å². The van der Waals surface area contributed by atoms with Gasteiger partial charge in [-0.2, -0.15) is 0 Å². The highest BCUT2D eigenvalue weighted by molar-refractivity contribution is 5.60. The molecule has 4 rings (SSSR count). The maximum Gasteiger partial charge on any atom is 0.508 e. The van der Waals surface area contributed by atoms with Crippen LogP contribution in [-0.2, 0) is 9.47 Å². The molecule has 0 aromatic rings. The van der Waals surface area contributed by atoms with Crippen molar-refractivity contribution in [3.63, 3.8) is 0 Å². The molecule has 0 bridgehead atoms. The zero-order valence-electron chi connectivity index (χ0n) is 27.8. The second kappa shape index (κ2) is 14.8. The molecule has 0 radical (unpaired) electrons. The third-order valence-corrected chi connectivity index (χ3v) is 13.0. The molecule has 6 nitrogen and oxygen atoms in total. The summed E-state index contributed by atoms with van der Waals surface area (Å²) >= 11 is 0. The van der Waals surface area contributed by atoms with Gasteiger partial charge in [-0.1, -0.05) is 66.0 Å². The van der Waals surface area contributed by atoms with Gasteiger partial charge in [0.25, 0.3) is 0 Å². The Morgan fingerprint density at radius 3 is 2.40 bits per heavy atom. The zero-order valence-corrected chi connectivity index (χ0v) is 27.8. The lowest BCUT2D eigenvalue weighted by atomic mass is 9.47. The largest absolute Gasteiger partial charge is 0.508 e. The maximum absolute atomic E-state index is 12.5. The van der Waals surface area contributed by atoms with E-state index in [1.54, 1.807) is 0 Å². The summed E-state index contributed by atoms with van der Waals surface area (Å²) in [6.45, 7) is 16.6. The summed E-state index contributed by atoms with van der Waals surface area (Å²) in [5.74, 6) is 5.78. The number of aliphatic hydroxyl groups excluding tert-OH is 2. The average Bonchev–Trinajstić information content (AvgIpc) is 3.31. The number of carbonyl (C=O) groups excluding carboxylic acids is 1. The molecule has 242 valence electrons. The fraction of sp³-hybridized carbons (Fsp3) is 0.917. The Morgan fingerprint density at radius 2 is 1.74 bits per heavy atom. The SMILES string of the molecule is CC[C@H](CC[C@@H](C)[C@H]1CC[C@H]2[C@@H]3CC=C4C[C@@H](OC(=O)OCCN(CCO)CCO)CC[C@]4(C)[C@H]3CC[C@]12C)C(C)C. The highest BCUT2D eigenvalue weighted by Gasteiger charge is 2.59. The van der Waals surface area contributed by atoms with Gasteiger partial charge in [-0.05, 0) is 104 Å². The van der Waals surface area contributed by atoms with Crippen LogP contribution in [0, 0.1) is 52.3 Å². The summed E-state index contributed by atoms with van der Waals surface area (Å²) in [7, 11) is 0. The molecule has 0 aliphatic heterocycles. The molecule has 42 heavy (non-hydrogen) atoms. The van der Waals surface area contributed by atoms with Crippen LogP contribution < -0.4 is 0 Å². The quantitative estimate of drug-likeness (QED) is 0.162. The smallest absolute Gasteiger partial charge is 0.433 e. The van der Waals surface area contributed by atoms with E-state index >= 15 is 0 Å². The van der Waals surface area contributed by atoms with Gasteiger partial charge in [-0.3, -0.25) is 4.90 Å². The third kappa shape index (κ3) is 7.23. The van der Waals surface area contributed by atoms with Gasteiger partial charge >= 0.3 is 6.16 Å². The van der Waals surface area contributed by atoms with E-state index in [0.29, 0.717) is 25.0 Å². The lowest BCUT2D eigenvalue weighted by Gasteiger charge is -2.58. The number of hydrogen-bond donors (Lipinski definition) is 2. The highest BCUT2D eigenvalue weighted by atomic mass is 16.7. The van der Waals surface area contributed by atoms with Crippen molar-refractivity contribution in [2.75, 3.05) is 39.5 Å². The van der Waals surface area contributed by atoms with Crippen molar-refractivity contribution in [3.8, 4) is 0 Å². The molecule has 2 N–H and O–H groups in total. The minimum atomic E-state index is -0.593. The van der Waals surface area contributed by atoms with E-state index in [4.69, 9.17) is 19.7 Å². The van der Waals surface area contributed by atoms with E-state index < -0.39 is 6.16 Å². The van der Waals surface area contributed by atoms with Crippen LogP contribution in [0.5, 0.6) is 0 Å². The van der Waals surface area contributed by atoms with Gasteiger partial charge in [0.15, 0.2) is 0 Å². The molecular weight excluding hydrogens is 526 g/mol. The van der Waals surface area contributed by atoms with Crippen molar-refractivity contribution in [2.24, 2.45) is 52.3 Å². The lowest BCUT2D eigenvalue weighted by molar-refractivity contribution is -0.0621. The maximum atomic E-state index is 12.5. The Morgan fingerprint density at radius 1 is 1.00 bits per heavy atom. The third-order valence-electron chi connectivity index (χ3n) is 13.0. The predicted molar refractivity (Wildman–Crippen MR) is 169 cm³/mol. The average molecular weight is 590 g/mol. The van der Waals surface area contributed by atoms with Crippen LogP contribution in [0.4, 0.5) is 4.79 Å². The summed E-state index contributed by atoms with van der Waals surface area (Å²) in [6.07, 6.45) is 15.6. The Bertz CT molecular complexity index is 899. The molecule has 0 aromatic heterocycles. The Kier molecular flexibility index (Phi) is 11.9. The number of nitrogens with zero attached hydrogens (tertiary/aromatic N) is 1. The van der Waals surface area contributed by atoms with Crippen molar-refractivity contribution in [2.45, 2.75) is 118 Å². The minimum absolute atomic E-state index is 0.0137. The molecule has 0 heterocycles. The fourth-order valence-electron chi connectivity index (χ4n) is 10.4. The van der Waals surface area contributed by atoms with Crippen molar-refractivity contribution in [1.82, 2.24) is 4.90 Å². The van der Waals surface area contributed by atoms with Crippen molar-refractivity contribution in [3.05, 3.63) is 11.6 Å². The van der Waals surface area contributed by atoms with Crippen molar-refractivity contribution >= 4 is 6.16 Å². The van der Waals surface area contributed by atoms with Crippen molar-refractivity contribution < 1.29 is 24.5 Å². The number of ether oxygens (including phenoxy) is 2. The second-order valence-corrected chi connectivity index (χ2v) is 15.3. The van der Waals surface area contributed by atoms with Crippen LogP contribution in [-0.4, -0.2) is 66.8 Å². The van der Waals surface area contributed by atoms with Gasteiger partial charge in [-0.25, -0.2) is 4.79 Å². The van der Waals surface area contributed by atoms with Crippen LogP contribution in [0.15, 0.2) is 11.6 Å². The summed E-state index contributed by atoms with van der Waals surface area (Å²) in [5.41, 5.74) is 2.25. The van der Waals surface area contributed by atoms with Gasteiger partial charge in [-0.15, -0.1) is 0 Å². The lowest BCUT2D eigenvalue weighted by Crippen LogP contribution is -2.51. The van der Waals surface area contributed by atoms with Gasteiger partial charge in [0.05, 0.1) is 13.2 Å². The normalized spacial score (nSPS) is 35.7. The molecular formula is C36H63NO5. The summed E-state index contributed by atoms with van der Waals surface area (Å²) in [6, 6.07) is 0. The molecule has 0 amide bonds. The molecule has 0 spiro atoms. The monoisotopic (exact) mass is 589 g/mol. The van der Waals surface area contributed by atoms with E-state index in [1.165, 1.54) is 56.9 Å². The molecule has 4 aliphatic carbocycles. The Hall–Kier alpha value is -1.11. The first kappa shape index (κ1) is 33.8. The van der Waals surface area contributed by atoms with Gasteiger partial charge < -0.3 is 19.7 Å². The van der Waals surface area contributed by atoms with Gasteiger partial charge in [0.2, 0.25) is 0 Å². The first-order valence-electron chi connectivity index (χ1n) is 17.5. The predicted octanol–water partition coefficient (Wildman–Crippen LogP) is 7.47. The van der Waals surface area contributed by atoms with Crippen LogP contribution in [0.2, 0.25) is 0 Å². The number of carbonyl (C=O) groups is 1. The highest BCUT2D eigenvalue weighted by Crippen LogP contribution is 2.67. The molecule has 0 saturated heterocycles. The number of allylic oxidation sites excluding steroid dienone is 1. The standard InChI is InChI=1S/C36H63NO5/c1-7-27(25(2)3)9-8-26(4)31-12-13-32-30-11-10-28-24-29(14-16-35(28,5)33(30)15-17-36(31,32)6)42-34(40)41-23-20-37(18-21-38)19-22-39/h10,25-27,29-33,38-39H,7-9,11-24H2,1-6H3/t26-,27-,29+,30+,31-,32+,33+,35+,36-/m1/s1. The van der Waals surface area contributed by atoms with E-state index in [1.807, 2.05) is 4.90 Å². The van der Waals surface area contributed by atoms with Gasteiger partial charge in [0.1, 0.15) is 12.7 Å². The number of aliphatic hydroxyl groups is 2. The van der Waals surface area contributed by atoms with Crippen LogP contribution in [0.25, 0.3) is 0 Å². The first-order chi connectivity index (χ1) is 20.1. The fourth-order valence-corrected chi connectivity index (χ4v) is 10.4. The first-order valence-corrected chi connectivity index (χ1v) is 17.5. The molecule has 3 fully saturated rings. The summed E-state index contributed by atoms with van der Waals surface area (Å²) in [5, 5.41) is 18.3. The topological polar surface area (TPSA) is 79.2 Å². The molecule has 6 heteroatoms. The molecule has 3 saturated carbocycles. The van der Waals surface area contributed by atoms with E-state index in [-0.39, 0.29) is 31.3 Å². The van der Waals surface area contributed by atoms with E-state index in [0.717, 1.165) is 60.7 Å². The number of rotatable bonds is 14. The number of fused-ring (bicyclic) bond motifs is 5. The summed E-state index contributed by atoms with van der Waals surface area (Å²) < 4.78 is 11.2. The van der Waals surface area contributed by atoms with Crippen molar-refractivity contribution in [1.29, 1.82) is 0 Å². The van der Waals surface area contributed by atoms with Crippen LogP contribution in [0.3, 0.4) is 0 Å².